The van der Waals surface area contributed by atoms with Gasteiger partial charge in [0.25, 0.3) is 51.8 Å². The lowest BCUT2D eigenvalue weighted by Crippen LogP contribution is -2.57. The van der Waals surface area contributed by atoms with Crippen molar-refractivity contribution < 1.29 is 108 Å². The average molecular weight is 1960 g/mol. The monoisotopic (exact) mass is 1960 g/mol. The highest BCUT2D eigenvalue weighted by atomic mass is 32.1. The number of guanidine groups is 1. The molecule has 2 saturated heterocycles. The molecule has 2 fully saturated rings. The van der Waals surface area contributed by atoms with Crippen LogP contribution in [0.2, 0.25) is 0 Å². The third-order valence-corrected chi connectivity index (χ3v) is 23.1. The number of hydrogen-bond donors (Lipinski definition) is 21. The lowest BCUT2D eigenvalue weighted by atomic mass is 9.94. The first-order valence-electron chi connectivity index (χ1n) is 44.7. The number of amides is 11. The second-order valence-corrected chi connectivity index (χ2v) is 33.7. The number of aromatic hydroxyl groups is 1. The molecular weight excluding hydrogens is 1840 g/mol. The predicted octanol–water partition coefficient (Wildman–Crippen LogP) is -1.60. The van der Waals surface area contributed by atoms with Crippen molar-refractivity contribution in [2.24, 2.45) is 11.7 Å². The molecule has 6 unspecified atom stereocenters. The number of phenolic OH excluding ortho intramolecular Hbond substituents is 1. The van der Waals surface area contributed by atoms with Crippen LogP contribution in [0.15, 0.2) is 128 Å². The van der Waals surface area contributed by atoms with Crippen LogP contribution in [0.5, 0.6) is 5.75 Å². The van der Waals surface area contributed by atoms with E-state index >= 15 is 0 Å². The average Bonchev–Trinajstić information content (AvgIpc) is 1.23. The zero-order chi connectivity index (χ0) is 100. The van der Waals surface area contributed by atoms with Gasteiger partial charge in [-0.2, -0.15) is 0 Å². The molecule has 0 spiro atoms. The number of aliphatic carboxylic acids is 1. The van der Waals surface area contributed by atoms with E-state index in [2.05, 4.69) is 69.1 Å². The van der Waals surface area contributed by atoms with Gasteiger partial charge in [0.2, 0.25) is 35.4 Å². The van der Waals surface area contributed by atoms with Crippen molar-refractivity contribution in [1.82, 2.24) is 92.5 Å². The third-order valence-electron chi connectivity index (χ3n) is 22.6. The van der Waals surface area contributed by atoms with Crippen LogP contribution < -0.4 is 97.1 Å². The van der Waals surface area contributed by atoms with Crippen molar-refractivity contribution >= 4 is 129 Å². The number of ether oxygens (including phenoxy) is 2. The maximum absolute atomic E-state index is 14.9. The molecule has 742 valence electrons. The SMILES string of the molecule is CCCCC(NC(=S)Nc1ccc(CC(=S)NCCCCC2NC(=O)C(CCCNC(=N)N)CC(=O)CNC(=O)C(CC(=O)O)NC(=O)C(Cc3ccc(O)cc3)NC2=O)cc1)C(=O)NCCOCCNC(=O)C1CCCN(C(=O)c2cccc(=O)n2O)CCCNC(=O)c2ccc(c(=O)n2O)C(=O)N[C@@H]2COC[C@@H]2NC(=O)c2ccc(n(O)c2=O)C(=O)CCCCN1C(=O)c1cccc(=O)n1O. The van der Waals surface area contributed by atoms with Gasteiger partial charge in [-0.1, -0.05) is 68.4 Å². The number of carboxylic acids is 1. The van der Waals surface area contributed by atoms with E-state index in [4.69, 9.17) is 45.1 Å². The van der Waals surface area contributed by atoms with E-state index in [1.807, 2.05) is 19.1 Å². The molecule has 8 atom stereocenters. The fraction of sp³-hybridized carbons (Fsp3) is 0.449. The van der Waals surface area contributed by atoms with Crippen molar-refractivity contribution in [3.63, 3.8) is 0 Å². The number of nitrogens with one attached hydrogen (secondary N) is 14. The number of carbonyl (C=O) groups is 14. The van der Waals surface area contributed by atoms with Gasteiger partial charge in [-0.3, -0.25) is 91.7 Å². The Labute approximate surface area is 798 Å². The van der Waals surface area contributed by atoms with Gasteiger partial charge >= 0.3 is 5.97 Å². The van der Waals surface area contributed by atoms with Crippen LogP contribution in [0.25, 0.3) is 0 Å². The van der Waals surface area contributed by atoms with Crippen LogP contribution in [0.3, 0.4) is 0 Å². The Kier molecular flexibility index (Phi) is 40.8. The van der Waals surface area contributed by atoms with E-state index in [1.54, 1.807) is 12.1 Å². The Morgan fingerprint density at radius 1 is 0.580 bits per heavy atom. The molecule has 0 aliphatic carbocycles. The Hall–Kier alpha value is -15.0. The number of nitrogens with two attached hydrogens (primary N) is 1. The summed E-state index contributed by atoms with van der Waals surface area (Å²) in [5.41, 5.74) is -1.07. The van der Waals surface area contributed by atoms with Gasteiger partial charge in [0.1, 0.15) is 69.9 Å². The minimum Gasteiger partial charge on any atom is -0.508 e. The molecule has 0 radical (unpaired) electrons. The Morgan fingerprint density at radius 2 is 1.17 bits per heavy atom. The number of carboxylic acid groups (broad SMARTS) is 1. The standard InChI is InChI=1S/C89H113N21O26S2/c1-2-3-14-59(104-89(138)98-54-26-22-52(23-27-54)45-71(137)92-34-6-4-15-60-80(123)100-61(44-51-24-28-55(111)29-25-51)81(124)101-62(47-74(116)117)79(122)97-48-56(112)46-53(75(118)99-60)13-10-35-96-88(90)91)78(121)94-37-42-135-43-38-95-82(125)66-18-11-39-105(86(129)68-16-8-20-72(114)107(68)131)40-12-36-93-83(126)67-33-31-58(85(128)110(67)134)77(120)103-64-50-136-49-63(64)102-76(119)57-30-32-65(109(133)84(57)127)70(113)19-5-7-41-106(66)87(130)69-17-9-21-73(115)108(69)132/h8-9,16-17,20-33,53,59-64,66,111,131-134H,2-7,10-15,18-19,34-50H2,1H3,(H,92,137)(H,93,126)(H,94,121)(H,95,125)(H,97,122)(H,99,118)(H,100,123)(H,101,124)(H,102,119)(H,103,120)(H,116,117)(H4,90,91,96)(H2,98,104,138)/t53?,59?,60?,61?,62?,63-,64+,66?/m0/s1. The highest BCUT2D eigenvalue weighted by molar-refractivity contribution is 7.80. The third kappa shape index (κ3) is 31.5. The van der Waals surface area contributed by atoms with Crippen LogP contribution in [0.4, 0.5) is 5.69 Å². The maximum Gasteiger partial charge on any atom is 0.305 e. The predicted molar refractivity (Wildman–Crippen MR) is 499 cm³/mol. The number of thiocarbonyl (C=S) groups is 2. The second kappa shape index (κ2) is 52.8. The fourth-order valence-corrected chi connectivity index (χ4v) is 15.7. The van der Waals surface area contributed by atoms with Crippen LogP contribution in [0, 0.1) is 11.3 Å². The van der Waals surface area contributed by atoms with Gasteiger partial charge in [-0.05, 0) is 155 Å². The number of nitrogens with zero attached hydrogens (tertiary/aromatic N) is 6. The van der Waals surface area contributed by atoms with Crippen molar-refractivity contribution in [2.75, 3.05) is 90.6 Å². The highest BCUT2D eigenvalue weighted by Gasteiger charge is 2.38. The van der Waals surface area contributed by atoms with Gasteiger partial charge in [-0.25, -0.2) is 0 Å². The summed E-state index contributed by atoms with van der Waals surface area (Å²) in [6.07, 6.45) is 0.280. The maximum atomic E-state index is 14.9. The van der Waals surface area contributed by atoms with Crippen molar-refractivity contribution in [1.29, 1.82) is 5.41 Å². The molecule has 5 aliphatic heterocycles. The van der Waals surface area contributed by atoms with E-state index in [0.29, 0.717) is 61.3 Å². The topological polar surface area (TPSA) is 680 Å². The normalized spacial score (nSPS) is 18.9. The molecule has 22 N–H and O–H groups in total. The number of Topliss-reactive ketones (excluding diaryl/α,β-unsaturated/α-hetero) is 2. The van der Waals surface area contributed by atoms with Crippen LogP contribution in [0.1, 0.15) is 183 Å². The number of anilines is 1. The molecule has 4 bridgehead atoms. The first-order chi connectivity index (χ1) is 66.0. The molecule has 47 nitrogen and oxygen atoms in total. The Morgan fingerprint density at radius 3 is 1.82 bits per heavy atom. The van der Waals surface area contributed by atoms with Gasteiger partial charge in [0.05, 0.1) is 56.5 Å². The molecule has 11 rings (SSSR count). The number of phenols is 1. The summed E-state index contributed by atoms with van der Waals surface area (Å²) in [6, 6.07) is 14.3. The Balaban J connectivity index is 0.812. The van der Waals surface area contributed by atoms with E-state index in [9.17, 15) is 117 Å². The number of ketones is 2. The summed E-state index contributed by atoms with van der Waals surface area (Å²) < 4.78 is 11.3. The zero-order valence-electron chi connectivity index (χ0n) is 75.4. The van der Waals surface area contributed by atoms with Crippen LogP contribution in [-0.4, -0.2) is 286 Å². The quantitative estimate of drug-likeness (QED) is 0.00794. The molecule has 9 heterocycles. The molecule has 2 aromatic carbocycles. The first-order valence-corrected chi connectivity index (χ1v) is 45.5. The number of rotatable bonds is 30. The van der Waals surface area contributed by atoms with Gasteiger partial charge in [0.15, 0.2) is 22.6 Å². The van der Waals surface area contributed by atoms with Crippen molar-refractivity contribution in [3.05, 3.63) is 196 Å². The minimum absolute atomic E-state index is 0.0195. The summed E-state index contributed by atoms with van der Waals surface area (Å²) in [5, 5.41) is 106. The Bertz CT molecular complexity index is 5720. The van der Waals surface area contributed by atoms with E-state index < -0.39 is 219 Å². The fourth-order valence-electron chi connectivity index (χ4n) is 15.2. The lowest BCUT2D eigenvalue weighted by molar-refractivity contribution is -0.141. The molecule has 6 aromatic rings. The van der Waals surface area contributed by atoms with E-state index in [1.165, 1.54) is 36.4 Å². The van der Waals surface area contributed by atoms with Gasteiger partial charge < -0.3 is 125 Å². The molecular formula is C89H113N21O26S2. The van der Waals surface area contributed by atoms with Gasteiger partial charge in [-0.15, -0.1) is 18.9 Å². The number of aromatic nitrogens is 4. The smallest absolute Gasteiger partial charge is 0.305 e. The largest absolute Gasteiger partial charge is 0.508 e. The van der Waals surface area contributed by atoms with E-state index in [-0.39, 0.29) is 159 Å². The number of fused-ring (bicyclic) bond motifs is 2. The van der Waals surface area contributed by atoms with Gasteiger partial charge in [0, 0.05) is 102 Å². The molecule has 49 heteroatoms. The molecule has 5 aliphatic rings. The molecule has 138 heavy (non-hydrogen) atoms. The number of carbonyl (C=O) groups excluding carboxylic acids is 13. The molecule has 11 amide bonds. The summed E-state index contributed by atoms with van der Waals surface area (Å²) in [5.74, 6) is -14.2. The van der Waals surface area contributed by atoms with Crippen LogP contribution in [-0.2, 0) is 60.7 Å². The van der Waals surface area contributed by atoms with E-state index in [0.717, 1.165) is 63.9 Å². The number of unbranched alkanes of at least 4 members (excludes halogenated alkanes) is 2. The molecule has 4 aromatic heterocycles. The van der Waals surface area contributed by atoms with Crippen molar-refractivity contribution in [3.8, 4) is 5.75 Å². The zero-order valence-corrected chi connectivity index (χ0v) is 77.0. The number of pyridine rings is 4. The first kappa shape index (κ1) is 107. The summed E-state index contributed by atoms with van der Waals surface area (Å²) in [4.78, 5) is 249. The lowest BCUT2D eigenvalue weighted by Gasteiger charge is -2.32. The second-order valence-electron chi connectivity index (χ2n) is 32.8. The van der Waals surface area contributed by atoms with Crippen molar-refractivity contribution in [2.45, 2.75) is 165 Å². The number of hydrogen-bond acceptors (Lipinski definition) is 28. The summed E-state index contributed by atoms with van der Waals surface area (Å²) >= 11 is 11.4. The summed E-state index contributed by atoms with van der Waals surface area (Å²) in [6.45, 7) is -0.445. The van der Waals surface area contributed by atoms with Crippen LogP contribution >= 0.6 is 24.4 Å². The summed E-state index contributed by atoms with van der Waals surface area (Å²) in [7, 11) is 0. The molecule has 0 saturated carbocycles. The minimum atomic E-state index is -1.68. The highest BCUT2D eigenvalue weighted by Crippen LogP contribution is 2.22. The number of benzene rings is 2.